The molecule has 0 saturated heterocycles. The molecule has 0 fully saturated rings. The van der Waals surface area contributed by atoms with Crippen LogP contribution in [0.25, 0.3) is 0 Å². The van der Waals surface area contributed by atoms with Crippen LogP contribution < -0.4 is 10.1 Å². The fourth-order valence-corrected chi connectivity index (χ4v) is 2.81. The molecule has 1 unspecified atom stereocenters. The lowest BCUT2D eigenvalue weighted by atomic mass is 9.96. The van der Waals surface area contributed by atoms with Gasteiger partial charge in [0.25, 0.3) is 0 Å². The summed E-state index contributed by atoms with van der Waals surface area (Å²) in [6.07, 6.45) is 0. The molecule has 0 aliphatic rings. The smallest absolute Gasteiger partial charge is 0.125 e. The molecule has 0 aromatic heterocycles. The van der Waals surface area contributed by atoms with Crippen molar-refractivity contribution in [3.8, 4) is 5.75 Å². The fraction of sp³-hybridized carbons (Fsp3) is 0.294. The molecular formula is C17H19BrFNO. The van der Waals surface area contributed by atoms with Crippen LogP contribution in [0.15, 0.2) is 40.9 Å². The summed E-state index contributed by atoms with van der Waals surface area (Å²) in [4.78, 5) is 0. The highest BCUT2D eigenvalue weighted by Crippen LogP contribution is 2.33. The van der Waals surface area contributed by atoms with Crippen LogP contribution in [0.5, 0.6) is 5.75 Å². The Morgan fingerprint density at radius 1 is 1.24 bits per heavy atom. The van der Waals surface area contributed by atoms with Gasteiger partial charge in [0.1, 0.15) is 11.6 Å². The summed E-state index contributed by atoms with van der Waals surface area (Å²) in [5.74, 6) is 0.557. The summed E-state index contributed by atoms with van der Waals surface area (Å²) < 4.78 is 20.1. The van der Waals surface area contributed by atoms with Gasteiger partial charge in [-0.1, -0.05) is 35.0 Å². The first kappa shape index (κ1) is 16.0. The summed E-state index contributed by atoms with van der Waals surface area (Å²) in [5, 5.41) is 3.40. The molecule has 0 spiro atoms. The van der Waals surface area contributed by atoms with Crippen LogP contribution in [0, 0.1) is 12.7 Å². The first-order valence-corrected chi connectivity index (χ1v) is 7.68. The second-order valence-corrected chi connectivity index (χ2v) is 5.85. The minimum atomic E-state index is -0.219. The van der Waals surface area contributed by atoms with Gasteiger partial charge in [0.05, 0.1) is 13.2 Å². The van der Waals surface area contributed by atoms with Crippen LogP contribution >= 0.6 is 15.9 Å². The molecular weight excluding hydrogens is 333 g/mol. The van der Waals surface area contributed by atoms with Crippen molar-refractivity contribution < 1.29 is 9.13 Å². The average molecular weight is 352 g/mol. The van der Waals surface area contributed by atoms with Crippen molar-refractivity contribution in [1.29, 1.82) is 0 Å². The monoisotopic (exact) mass is 351 g/mol. The summed E-state index contributed by atoms with van der Waals surface area (Å²) in [7, 11) is 1.64. The number of nitrogens with one attached hydrogen (secondary N) is 1. The molecule has 2 nitrogen and oxygen atoms in total. The van der Waals surface area contributed by atoms with Crippen LogP contribution in [-0.2, 0) is 0 Å². The third kappa shape index (κ3) is 3.83. The average Bonchev–Trinajstić information content (AvgIpc) is 2.44. The Morgan fingerprint density at radius 2 is 2.00 bits per heavy atom. The van der Waals surface area contributed by atoms with E-state index in [1.54, 1.807) is 13.2 Å². The molecule has 0 heterocycles. The van der Waals surface area contributed by atoms with Crippen LogP contribution in [0.3, 0.4) is 0 Å². The molecule has 4 heteroatoms. The molecule has 0 saturated carbocycles. The molecule has 0 aliphatic carbocycles. The maximum Gasteiger partial charge on any atom is 0.125 e. The second kappa shape index (κ2) is 7.05. The maximum absolute atomic E-state index is 13.7. The quantitative estimate of drug-likeness (QED) is 0.849. The predicted molar refractivity (Wildman–Crippen MR) is 87.4 cm³/mol. The van der Waals surface area contributed by atoms with E-state index in [1.165, 1.54) is 6.07 Å². The van der Waals surface area contributed by atoms with Gasteiger partial charge in [0.15, 0.2) is 0 Å². The number of benzene rings is 2. The minimum absolute atomic E-state index is 0.104. The van der Waals surface area contributed by atoms with E-state index < -0.39 is 0 Å². The van der Waals surface area contributed by atoms with Crippen molar-refractivity contribution >= 4 is 15.9 Å². The molecule has 1 atom stereocenters. The van der Waals surface area contributed by atoms with Gasteiger partial charge >= 0.3 is 0 Å². The highest BCUT2D eigenvalue weighted by atomic mass is 79.9. The van der Waals surface area contributed by atoms with Crippen LogP contribution in [0.2, 0.25) is 0 Å². The van der Waals surface area contributed by atoms with Gasteiger partial charge in [-0.05, 0) is 48.9 Å². The third-order valence-corrected chi connectivity index (χ3v) is 3.81. The molecule has 0 amide bonds. The standard InChI is InChI=1S/C17H19BrFNO/c1-4-20-17(12-7-11(2)8-14(19)9-12)15-6-5-13(18)10-16(15)21-3/h5-10,17,20H,4H2,1-3H3. The van der Waals surface area contributed by atoms with E-state index in [1.807, 2.05) is 38.1 Å². The maximum atomic E-state index is 13.7. The number of aryl methyl sites for hydroxylation is 1. The second-order valence-electron chi connectivity index (χ2n) is 4.94. The number of ether oxygens (including phenoxy) is 1. The van der Waals surface area contributed by atoms with E-state index in [4.69, 9.17) is 4.74 Å². The van der Waals surface area contributed by atoms with Gasteiger partial charge in [-0.15, -0.1) is 0 Å². The molecule has 2 aromatic rings. The Morgan fingerprint density at radius 3 is 2.62 bits per heavy atom. The number of halogens is 2. The molecule has 112 valence electrons. The lowest BCUT2D eigenvalue weighted by Gasteiger charge is -2.22. The Kier molecular flexibility index (Phi) is 5.37. The van der Waals surface area contributed by atoms with Crippen molar-refractivity contribution in [2.75, 3.05) is 13.7 Å². The van der Waals surface area contributed by atoms with Gasteiger partial charge in [0, 0.05) is 10.0 Å². The van der Waals surface area contributed by atoms with Crippen LogP contribution in [-0.4, -0.2) is 13.7 Å². The first-order valence-electron chi connectivity index (χ1n) is 6.89. The minimum Gasteiger partial charge on any atom is -0.496 e. The fourth-order valence-electron chi connectivity index (χ4n) is 2.47. The lowest BCUT2D eigenvalue weighted by molar-refractivity contribution is 0.404. The highest BCUT2D eigenvalue weighted by Gasteiger charge is 2.18. The van der Waals surface area contributed by atoms with Gasteiger partial charge in [-0.25, -0.2) is 4.39 Å². The normalized spacial score (nSPS) is 12.2. The van der Waals surface area contributed by atoms with E-state index in [-0.39, 0.29) is 11.9 Å². The van der Waals surface area contributed by atoms with Gasteiger partial charge in [0.2, 0.25) is 0 Å². The molecule has 1 N–H and O–H groups in total. The zero-order valence-corrected chi connectivity index (χ0v) is 14.0. The zero-order valence-electron chi connectivity index (χ0n) is 12.4. The van der Waals surface area contributed by atoms with E-state index in [9.17, 15) is 4.39 Å². The number of hydrogen-bond acceptors (Lipinski definition) is 2. The molecule has 21 heavy (non-hydrogen) atoms. The molecule has 2 rings (SSSR count). The summed E-state index contributed by atoms with van der Waals surface area (Å²) >= 11 is 3.44. The van der Waals surface area contributed by atoms with E-state index >= 15 is 0 Å². The predicted octanol–water partition coefficient (Wildman–Crippen LogP) is 4.60. The lowest BCUT2D eigenvalue weighted by Crippen LogP contribution is -2.22. The molecule has 0 radical (unpaired) electrons. The van der Waals surface area contributed by atoms with Gasteiger partial charge in [-0.2, -0.15) is 0 Å². The van der Waals surface area contributed by atoms with Crippen molar-refractivity contribution in [3.05, 3.63) is 63.4 Å². The number of rotatable bonds is 5. The summed E-state index contributed by atoms with van der Waals surface area (Å²) in [6, 6.07) is 10.9. The van der Waals surface area contributed by atoms with Crippen molar-refractivity contribution in [2.24, 2.45) is 0 Å². The first-order chi connectivity index (χ1) is 10.0. The van der Waals surface area contributed by atoms with E-state index in [2.05, 4.69) is 21.2 Å². The van der Waals surface area contributed by atoms with Crippen molar-refractivity contribution in [3.63, 3.8) is 0 Å². The Hall–Kier alpha value is -1.39. The summed E-state index contributed by atoms with van der Waals surface area (Å²) in [5.41, 5.74) is 2.80. The SMILES string of the molecule is CCNC(c1cc(C)cc(F)c1)c1ccc(Br)cc1OC. The van der Waals surface area contributed by atoms with Gasteiger partial charge < -0.3 is 10.1 Å². The van der Waals surface area contributed by atoms with Crippen molar-refractivity contribution in [2.45, 2.75) is 19.9 Å². The molecule has 0 bridgehead atoms. The van der Waals surface area contributed by atoms with Crippen LogP contribution in [0.1, 0.15) is 29.7 Å². The Bertz CT molecular complexity index is 610. The van der Waals surface area contributed by atoms with Crippen LogP contribution in [0.4, 0.5) is 4.39 Å². The Labute approximate surface area is 133 Å². The largest absolute Gasteiger partial charge is 0.496 e. The molecule has 2 aromatic carbocycles. The highest BCUT2D eigenvalue weighted by molar-refractivity contribution is 9.10. The van der Waals surface area contributed by atoms with E-state index in [0.29, 0.717) is 0 Å². The number of methoxy groups -OCH3 is 1. The molecule has 0 aliphatic heterocycles. The van der Waals surface area contributed by atoms with Crippen molar-refractivity contribution in [1.82, 2.24) is 5.32 Å². The zero-order chi connectivity index (χ0) is 15.4. The third-order valence-electron chi connectivity index (χ3n) is 3.31. The van der Waals surface area contributed by atoms with E-state index in [0.717, 1.165) is 33.5 Å². The van der Waals surface area contributed by atoms with Gasteiger partial charge in [-0.3, -0.25) is 0 Å². The summed E-state index contributed by atoms with van der Waals surface area (Å²) in [6.45, 7) is 4.71. The topological polar surface area (TPSA) is 21.3 Å². The number of hydrogen-bond donors (Lipinski definition) is 1. The Balaban J connectivity index is 2.52.